The predicted octanol–water partition coefficient (Wildman–Crippen LogP) is 4.49. The minimum atomic E-state index is -0.229. The lowest BCUT2D eigenvalue weighted by atomic mass is 10.0. The van der Waals surface area contributed by atoms with Crippen LogP contribution in [0.2, 0.25) is 0 Å². The van der Waals surface area contributed by atoms with Crippen LogP contribution in [0.4, 0.5) is 17.6 Å². The minimum absolute atomic E-state index is 0.175. The van der Waals surface area contributed by atoms with Gasteiger partial charge in [-0.1, -0.05) is 44.2 Å². The molecule has 5 rings (SSSR count). The van der Waals surface area contributed by atoms with Crippen LogP contribution < -0.4 is 21.3 Å². The lowest BCUT2D eigenvalue weighted by Gasteiger charge is -2.30. The van der Waals surface area contributed by atoms with Crippen LogP contribution in [0.5, 0.6) is 0 Å². The van der Waals surface area contributed by atoms with Gasteiger partial charge in [0.05, 0.1) is 6.20 Å². The van der Waals surface area contributed by atoms with Crippen molar-refractivity contribution in [3.05, 3.63) is 77.0 Å². The largest absolute Gasteiger partial charge is 0.350 e. The Hall–Kier alpha value is -4.35. The summed E-state index contributed by atoms with van der Waals surface area (Å²) in [5.41, 5.74) is 10.9. The van der Waals surface area contributed by atoms with Crippen molar-refractivity contribution in [1.29, 1.82) is 0 Å². The van der Waals surface area contributed by atoms with Gasteiger partial charge in [0.2, 0.25) is 11.9 Å². The van der Waals surface area contributed by atoms with E-state index in [0.717, 1.165) is 61.2 Å². The van der Waals surface area contributed by atoms with E-state index in [4.69, 9.17) is 15.7 Å². The number of amides is 1. The summed E-state index contributed by atoms with van der Waals surface area (Å²) in [6.45, 7) is 7.16. The number of para-hydroxylation sites is 1. The van der Waals surface area contributed by atoms with Crippen molar-refractivity contribution in [2.45, 2.75) is 64.5 Å². The number of carbonyl (C=O) groups is 2. The lowest BCUT2D eigenvalue weighted by Crippen LogP contribution is -2.40. The van der Waals surface area contributed by atoms with Crippen LogP contribution in [-0.4, -0.2) is 75.9 Å². The smallest absolute Gasteiger partial charge is 0.255 e. The fourth-order valence-corrected chi connectivity index (χ4v) is 5.54. The molecule has 4 N–H and O–H groups in total. The lowest BCUT2D eigenvalue weighted by molar-refractivity contribution is -0.118. The van der Waals surface area contributed by atoms with Crippen molar-refractivity contribution in [2.75, 3.05) is 49.3 Å². The van der Waals surface area contributed by atoms with Crippen LogP contribution in [0.1, 0.15) is 72.5 Å². The average Bonchev–Trinajstić information content (AvgIpc) is 3.45. The molecule has 11 heteroatoms. The molecular weight excluding hydrogens is 566 g/mol. The van der Waals surface area contributed by atoms with E-state index in [-0.39, 0.29) is 23.7 Å². The van der Waals surface area contributed by atoms with Crippen LogP contribution in [-0.2, 0) is 17.8 Å². The van der Waals surface area contributed by atoms with Gasteiger partial charge >= 0.3 is 0 Å². The number of anilines is 3. The zero-order valence-electron chi connectivity index (χ0n) is 26.8. The normalized spacial score (nSPS) is 14.0. The van der Waals surface area contributed by atoms with Gasteiger partial charge in [0.25, 0.3) is 5.91 Å². The summed E-state index contributed by atoms with van der Waals surface area (Å²) in [5, 5.41) is 11.1. The number of nitrogens with zero attached hydrogens (tertiary/aromatic N) is 6. The number of nitrogens with two attached hydrogens (primary N) is 1. The third-order valence-electron chi connectivity index (χ3n) is 8.18. The number of rotatable bonds is 13. The van der Waals surface area contributed by atoms with Gasteiger partial charge in [-0.25, -0.2) is 0 Å². The van der Waals surface area contributed by atoms with E-state index in [1.807, 2.05) is 56.7 Å². The first-order valence-electron chi connectivity index (χ1n) is 15.8. The zero-order chi connectivity index (χ0) is 31.9. The van der Waals surface area contributed by atoms with Crippen molar-refractivity contribution in [3.8, 4) is 0 Å². The maximum atomic E-state index is 13.3. The molecule has 0 unspecified atom stereocenters. The summed E-state index contributed by atoms with van der Waals surface area (Å²) in [5.74, 6) is 1.45. The van der Waals surface area contributed by atoms with Crippen molar-refractivity contribution in [2.24, 2.45) is 5.73 Å². The van der Waals surface area contributed by atoms with Gasteiger partial charge in [-0.3, -0.25) is 9.59 Å². The Morgan fingerprint density at radius 1 is 1.07 bits per heavy atom. The summed E-state index contributed by atoms with van der Waals surface area (Å²) in [6, 6.07) is 15.2. The van der Waals surface area contributed by atoms with Crippen molar-refractivity contribution < 1.29 is 9.59 Å². The molecular formula is C34H45N9O2. The summed E-state index contributed by atoms with van der Waals surface area (Å²) in [7, 11) is 4.00. The second kappa shape index (κ2) is 14.6. The number of Topliss-reactive ketones (excluding diaryl/α,β-unsaturated/α-hetero) is 1. The molecule has 1 amide bonds. The van der Waals surface area contributed by atoms with Gasteiger partial charge in [-0.15, -0.1) is 0 Å². The van der Waals surface area contributed by atoms with E-state index >= 15 is 0 Å². The molecule has 1 fully saturated rings. The Labute approximate surface area is 265 Å². The predicted molar refractivity (Wildman–Crippen MR) is 179 cm³/mol. The van der Waals surface area contributed by atoms with Gasteiger partial charge in [0.1, 0.15) is 5.78 Å². The van der Waals surface area contributed by atoms with Crippen LogP contribution in [0.3, 0.4) is 0 Å². The number of nitrogens with one attached hydrogen (secondary N) is 2. The molecule has 0 saturated carbocycles. The summed E-state index contributed by atoms with van der Waals surface area (Å²) in [6.07, 6.45) is 5.33. The number of hydrogen-bond acceptors (Lipinski definition) is 9. The second-order valence-corrected chi connectivity index (χ2v) is 12.4. The van der Waals surface area contributed by atoms with Gasteiger partial charge in [-0.05, 0) is 75.1 Å². The molecule has 1 aliphatic rings. The van der Waals surface area contributed by atoms with Gasteiger partial charge in [0, 0.05) is 55.3 Å². The molecule has 238 valence electrons. The molecule has 0 bridgehead atoms. The van der Waals surface area contributed by atoms with E-state index < -0.39 is 0 Å². The monoisotopic (exact) mass is 611 g/mol. The second-order valence-electron chi connectivity index (χ2n) is 12.4. The number of hydrogen-bond donors (Lipinski definition) is 3. The van der Waals surface area contributed by atoms with Gasteiger partial charge < -0.3 is 26.2 Å². The highest BCUT2D eigenvalue weighted by Gasteiger charge is 2.22. The topological polar surface area (TPSA) is 134 Å². The minimum Gasteiger partial charge on any atom is -0.350 e. The van der Waals surface area contributed by atoms with Crippen molar-refractivity contribution in [1.82, 2.24) is 24.5 Å². The third kappa shape index (κ3) is 8.23. The van der Waals surface area contributed by atoms with Crippen LogP contribution in [0.15, 0.2) is 54.7 Å². The Bertz CT molecular complexity index is 1620. The highest BCUT2D eigenvalue weighted by molar-refractivity contribution is 6.04. The molecule has 0 atom stereocenters. The molecule has 1 saturated heterocycles. The quantitative estimate of drug-likeness (QED) is 0.200. The average molecular weight is 612 g/mol. The van der Waals surface area contributed by atoms with Crippen LogP contribution in [0.25, 0.3) is 5.65 Å². The molecule has 45 heavy (non-hydrogen) atoms. The summed E-state index contributed by atoms with van der Waals surface area (Å²) >= 11 is 0. The molecule has 0 aliphatic carbocycles. The molecule has 11 nitrogen and oxygen atoms in total. The van der Waals surface area contributed by atoms with E-state index in [0.29, 0.717) is 42.5 Å². The molecule has 2 aromatic heterocycles. The number of aromatic nitrogens is 4. The number of carbonyl (C=O) groups excluding carboxylic acids is 2. The van der Waals surface area contributed by atoms with Gasteiger partial charge in [0.15, 0.2) is 5.65 Å². The standard InChI is InChI=1S/C34H45N9O2/c1-23(2)29-22-37-43-31(29)39-34(42-17-14-27(35)15-18-42)40-33(43)36-21-26-10-5-6-13-30(26)38-32(45)25-11-7-9-24(19-25)20-28(44)12-8-16-41(3)4/h5-7,9-11,13,19,22-23,27H,8,12,14-18,20-21,35H2,1-4H3,(H,38,45)(H,36,39,40). The highest BCUT2D eigenvalue weighted by atomic mass is 16.1. The fraction of sp³-hybridized carbons (Fsp3) is 0.441. The Kier molecular flexibility index (Phi) is 10.4. The Morgan fingerprint density at radius 2 is 1.84 bits per heavy atom. The molecule has 1 aliphatic heterocycles. The Balaban J connectivity index is 1.30. The number of ketones is 1. The van der Waals surface area contributed by atoms with E-state index in [1.165, 1.54) is 0 Å². The van der Waals surface area contributed by atoms with Gasteiger partial charge in [-0.2, -0.15) is 19.6 Å². The highest BCUT2D eigenvalue weighted by Crippen LogP contribution is 2.26. The summed E-state index contributed by atoms with van der Waals surface area (Å²) < 4.78 is 1.75. The zero-order valence-corrected chi connectivity index (χ0v) is 26.8. The Morgan fingerprint density at radius 3 is 2.60 bits per heavy atom. The third-order valence-corrected chi connectivity index (χ3v) is 8.18. The fourth-order valence-electron chi connectivity index (χ4n) is 5.54. The van der Waals surface area contributed by atoms with Crippen molar-refractivity contribution in [3.63, 3.8) is 0 Å². The first kappa shape index (κ1) is 32.1. The van der Waals surface area contributed by atoms with E-state index in [1.54, 1.807) is 16.6 Å². The first-order chi connectivity index (χ1) is 21.7. The van der Waals surface area contributed by atoms with Crippen molar-refractivity contribution >= 4 is 34.9 Å². The maximum Gasteiger partial charge on any atom is 0.255 e. The number of fused-ring (bicyclic) bond motifs is 1. The van der Waals surface area contributed by atoms with Crippen LogP contribution in [0, 0.1) is 0 Å². The molecule has 3 heterocycles. The van der Waals surface area contributed by atoms with E-state index in [2.05, 4.69) is 39.4 Å². The summed E-state index contributed by atoms with van der Waals surface area (Å²) in [4.78, 5) is 39.9. The molecule has 2 aromatic carbocycles. The maximum absolute atomic E-state index is 13.3. The molecule has 0 radical (unpaired) electrons. The number of piperidine rings is 1. The van der Waals surface area contributed by atoms with Crippen LogP contribution >= 0.6 is 0 Å². The molecule has 4 aromatic rings. The molecule has 0 spiro atoms. The van der Waals surface area contributed by atoms with E-state index in [9.17, 15) is 9.59 Å². The first-order valence-corrected chi connectivity index (χ1v) is 15.8. The number of benzene rings is 2. The SMILES string of the molecule is CC(C)c1cnn2c(NCc3ccccc3NC(=O)c3cccc(CC(=O)CCCN(C)C)c3)nc(N3CCC(N)CC3)nc12.